The topological polar surface area (TPSA) is 70.2 Å². The van der Waals surface area contributed by atoms with E-state index in [1.165, 1.54) is 6.07 Å². The van der Waals surface area contributed by atoms with Crippen LogP contribution < -0.4 is 4.90 Å². The van der Waals surface area contributed by atoms with Crippen molar-refractivity contribution in [3.63, 3.8) is 0 Å². The molecule has 0 amide bonds. The van der Waals surface area contributed by atoms with Gasteiger partial charge in [0.25, 0.3) is 5.69 Å². The number of nitro groups is 1. The first-order valence-corrected chi connectivity index (χ1v) is 5.05. The third-order valence-electron chi connectivity index (χ3n) is 2.80. The van der Waals surface area contributed by atoms with Crippen molar-refractivity contribution >= 4 is 11.4 Å². The Bertz CT molecular complexity index is 475. The number of hydrogen-bond donors (Lipinski definition) is 0. The zero-order valence-corrected chi connectivity index (χ0v) is 8.88. The molecule has 5 heteroatoms. The van der Waals surface area contributed by atoms with Crippen LogP contribution in [-0.2, 0) is 0 Å². The maximum absolute atomic E-state index is 10.6. The van der Waals surface area contributed by atoms with Crippen molar-refractivity contribution in [3.8, 4) is 6.07 Å². The summed E-state index contributed by atoms with van der Waals surface area (Å²) in [6, 6.07) is 7.05. The van der Waals surface area contributed by atoms with E-state index in [0.29, 0.717) is 6.04 Å². The standard InChI is InChI=1S/C11H11N3O2/c1-13(9-2-3-9)10-4-5-11(14(15)16)8(6-10)7-12/h4-6,9H,2-3H2,1H3. The number of anilines is 1. The van der Waals surface area contributed by atoms with Gasteiger partial charge in [0.15, 0.2) is 0 Å². The van der Waals surface area contributed by atoms with Gasteiger partial charge in [-0.15, -0.1) is 0 Å². The Morgan fingerprint density at radius 2 is 2.25 bits per heavy atom. The smallest absolute Gasteiger partial charge is 0.287 e. The number of nitrogens with zero attached hydrogens (tertiary/aromatic N) is 3. The van der Waals surface area contributed by atoms with E-state index in [9.17, 15) is 10.1 Å². The molecular weight excluding hydrogens is 206 g/mol. The molecule has 0 aliphatic heterocycles. The fraction of sp³-hybridized carbons (Fsp3) is 0.364. The van der Waals surface area contributed by atoms with Crippen molar-refractivity contribution < 1.29 is 4.92 Å². The predicted molar refractivity (Wildman–Crippen MR) is 59.2 cm³/mol. The molecule has 0 atom stereocenters. The zero-order valence-electron chi connectivity index (χ0n) is 8.88. The molecule has 1 aromatic carbocycles. The van der Waals surface area contributed by atoms with Crippen molar-refractivity contribution in [2.75, 3.05) is 11.9 Å². The number of rotatable bonds is 3. The molecule has 1 fully saturated rings. The molecule has 1 aliphatic carbocycles. The second-order valence-electron chi connectivity index (χ2n) is 3.91. The summed E-state index contributed by atoms with van der Waals surface area (Å²) in [7, 11) is 1.94. The summed E-state index contributed by atoms with van der Waals surface area (Å²) < 4.78 is 0. The Morgan fingerprint density at radius 3 is 2.75 bits per heavy atom. The molecule has 82 valence electrons. The van der Waals surface area contributed by atoms with Gasteiger partial charge in [0.1, 0.15) is 11.6 Å². The first kappa shape index (κ1) is 10.4. The molecule has 2 rings (SSSR count). The maximum atomic E-state index is 10.6. The van der Waals surface area contributed by atoms with Crippen molar-refractivity contribution in [1.29, 1.82) is 5.26 Å². The monoisotopic (exact) mass is 217 g/mol. The third kappa shape index (κ3) is 1.82. The molecule has 1 aliphatic rings. The number of benzene rings is 1. The maximum Gasteiger partial charge on any atom is 0.287 e. The fourth-order valence-electron chi connectivity index (χ4n) is 1.66. The summed E-state index contributed by atoms with van der Waals surface area (Å²) >= 11 is 0. The molecular formula is C11H11N3O2. The normalized spacial score (nSPS) is 14.2. The van der Waals surface area contributed by atoms with Gasteiger partial charge >= 0.3 is 0 Å². The Morgan fingerprint density at radius 1 is 1.56 bits per heavy atom. The minimum absolute atomic E-state index is 0.120. The lowest BCUT2D eigenvalue weighted by Crippen LogP contribution is -2.19. The van der Waals surface area contributed by atoms with Crippen molar-refractivity contribution in [3.05, 3.63) is 33.9 Å². The molecule has 1 aromatic rings. The van der Waals surface area contributed by atoms with Gasteiger partial charge in [-0.2, -0.15) is 5.26 Å². The number of nitriles is 1. The van der Waals surface area contributed by atoms with Gasteiger partial charge < -0.3 is 4.90 Å². The molecule has 16 heavy (non-hydrogen) atoms. The first-order chi connectivity index (χ1) is 7.63. The SMILES string of the molecule is CN(c1ccc([N+](=O)[O-])c(C#N)c1)C1CC1. The van der Waals surface area contributed by atoms with Crippen molar-refractivity contribution in [2.24, 2.45) is 0 Å². The van der Waals surface area contributed by atoms with Crippen LogP contribution in [-0.4, -0.2) is 18.0 Å². The van der Waals surface area contributed by atoms with E-state index in [2.05, 4.69) is 4.90 Å². The summed E-state index contributed by atoms with van der Waals surface area (Å²) in [5.74, 6) is 0. The van der Waals surface area contributed by atoms with Gasteiger partial charge in [-0.3, -0.25) is 10.1 Å². The van der Waals surface area contributed by atoms with Gasteiger partial charge in [0.05, 0.1) is 4.92 Å². The van der Waals surface area contributed by atoms with Gasteiger partial charge in [-0.1, -0.05) is 0 Å². The molecule has 0 N–H and O–H groups in total. The minimum Gasteiger partial charge on any atom is -0.372 e. The predicted octanol–water partition coefficient (Wildman–Crippen LogP) is 2.07. The van der Waals surface area contributed by atoms with Crippen molar-refractivity contribution in [1.82, 2.24) is 0 Å². The summed E-state index contributed by atoms with van der Waals surface area (Å²) in [4.78, 5) is 12.2. The van der Waals surface area contributed by atoms with Gasteiger partial charge in [0, 0.05) is 24.8 Å². The molecule has 0 radical (unpaired) electrons. The summed E-state index contributed by atoms with van der Waals surface area (Å²) in [6.07, 6.45) is 2.30. The van der Waals surface area contributed by atoms with Crippen molar-refractivity contribution in [2.45, 2.75) is 18.9 Å². The molecule has 0 unspecified atom stereocenters. The van der Waals surface area contributed by atoms with Gasteiger partial charge in [0.2, 0.25) is 0 Å². The van der Waals surface area contributed by atoms with Crippen LogP contribution in [0.2, 0.25) is 0 Å². The highest BCUT2D eigenvalue weighted by molar-refractivity contribution is 5.60. The highest BCUT2D eigenvalue weighted by Gasteiger charge is 2.27. The Labute approximate surface area is 93.1 Å². The second kappa shape index (κ2) is 3.81. The molecule has 0 heterocycles. The van der Waals surface area contributed by atoms with Crippen LogP contribution in [0.3, 0.4) is 0 Å². The molecule has 0 spiro atoms. The van der Waals surface area contributed by atoms with E-state index in [1.54, 1.807) is 12.1 Å². The third-order valence-corrected chi connectivity index (χ3v) is 2.80. The van der Waals surface area contributed by atoms with E-state index in [0.717, 1.165) is 18.5 Å². The molecule has 0 saturated heterocycles. The van der Waals surface area contributed by atoms with Crippen LogP contribution in [0.4, 0.5) is 11.4 Å². The largest absolute Gasteiger partial charge is 0.372 e. The molecule has 0 bridgehead atoms. The number of nitro benzene ring substituents is 1. The quantitative estimate of drug-likeness (QED) is 0.574. The first-order valence-electron chi connectivity index (χ1n) is 5.05. The van der Waals surface area contributed by atoms with E-state index in [1.807, 2.05) is 13.1 Å². The van der Waals surface area contributed by atoms with E-state index < -0.39 is 4.92 Å². The average molecular weight is 217 g/mol. The van der Waals surface area contributed by atoms with E-state index >= 15 is 0 Å². The van der Waals surface area contributed by atoms with E-state index in [4.69, 9.17) is 5.26 Å². The summed E-state index contributed by atoms with van der Waals surface area (Å²) in [5, 5.41) is 19.5. The zero-order chi connectivity index (χ0) is 11.7. The van der Waals surface area contributed by atoms with Crippen LogP contribution in [0.15, 0.2) is 18.2 Å². The molecule has 0 aromatic heterocycles. The Hall–Kier alpha value is -2.09. The van der Waals surface area contributed by atoms with Crippen LogP contribution in [0.1, 0.15) is 18.4 Å². The van der Waals surface area contributed by atoms with Gasteiger partial charge in [-0.25, -0.2) is 0 Å². The summed E-state index contributed by atoms with van der Waals surface area (Å²) in [5.41, 5.74) is 0.857. The second-order valence-corrected chi connectivity index (χ2v) is 3.91. The minimum atomic E-state index is -0.528. The lowest BCUT2D eigenvalue weighted by atomic mass is 10.1. The molecule has 5 nitrogen and oxygen atoms in total. The van der Waals surface area contributed by atoms with Crippen LogP contribution in [0, 0.1) is 21.4 Å². The lowest BCUT2D eigenvalue weighted by molar-refractivity contribution is -0.385. The highest BCUT2D eigenvalue weighted by Crippen LogP contribution is 2.32. The van der Waals surface area contributed by atoms with E-state index in [-0.39, 0.29) is 11.3 Å². The van der Waals surface area contributed by atoms with Crippen LogP contribution in [0.5, 0.6) is 0 Å². The fourth-order valence-corrected chi connectivity index (χ4v) is 1.66. The molecule has 1 saturated carbocycles. The van der Waals surface area contributed by atoms with Gasteiger partial charge in [-0.05, 0) is 25.0 Å². The van der Waals surface area contributed by atoms with Crippen LogP contribution >= 0.6 is 0 Å². The summed E-state index contributed by atoms with van der Waals surface area (Å²) in [6.45, 7) is 0. The number of hydrogen-bond acceptors (Lipinski definition) is 4. The Kier molecular flexibility index (Phi) is 2.49. The lowest BCUT2D eigenvalue weighted by Gasteiger charge is -2.18. The Balaban J connectivity index is 2.36. The average Bonchev–Trinajstić information content (AvgIpc) is 3.10. The highest BCUT2D eigenvalue weighted by atomic mass is 16.6. The van der Waals surface area contributed by atoms with Crippen LogP contribution in [0.25, 0.3) is 0 Å².